The summed E-state index contributed by atoms with van der Waals surface area (Å²) in [7, 11) is 0. The number of aliphatic hydroxyl groups is 3. The van der Waals surface area contributed by atoms with Crippen molar-refractivity contribution >= 4 is 81.4 Å². The number of rotatable bonds is 30. The minimum Gasteiger partial charge on any atom is -0.488 e. The summed E-state index contributed by atoms with van der Waals surface area (Å²) in [5.41, 5.74) is 1.84. The Morgan fingerprint density at radius 3 is 1.62 bits per heavy atom. The predicted molar refractivity (Wildman–Crippen MR) is 272 cm³/mol. The van der Waals surface area contributed by atoms with Gasteiger partial charge in [-0.25, -0.2) is 0 Å². The monoisotopic (exact) mass is 1130 g/mol. The van der Waals surface area contributed by atoms with Gasteiger partial charge in [0.05, 0.1) is 41.1 Å². The molecule has 0 bridgehead atoms. The Balaban J connectivity index is 1.60. The number of benzene rings is 4. The number of carbonyl (C=O) groups excluding carboxylic acids is 6. The van der Waals surface area contributed by atoms with Gasteiger partial charge in [0, 0.05) is 63.3 Å². The van der Waals surface area contributed by atoms with Crippen LogP contribution in [-0.2, 0) is 71.4 Å². The number of ether oxygens (including phenoxy) is 12. The largest absolute Gasteiger partial charge is 0.488 e. The summed E-state index contributed by atoms with van der Waals surface area (Å²) in [6.07, 6.45) is -4.90. The Hall–Kier alpha value is -7.49. The molecule has 3 atom stereocenters. The van der Waals surface area contributed by atoms with Gasteiger partial charge < -0.3 is 86.4 Å². The minimum atomic E-state index is -1.72. The van der Waals surface area contributed by atoms with Crippen molar-refractivity contribution in [1.29, 1.82) is 0 Å². The molecule has 0 radical (unpaired) electrons. The molecular formula is C51H56Cl2N2O23. The van der Waals surface area contributed by atoms with Crippen LogP contribution in [0.4, 0.5) is 11.4 Å². The van der Waals surface area contributed by atoms with Crippen molar-refractivity contribution in [3.63, 3.8) is 0 Å². The molecule has 0 spiro atoms. The van der Waals surface area contributed by atoms with E-state index in [1.165, 1.54) is 47.1 Å². The van der Waals surface area contributed by atoms with Crippen LogP contribution in [0.3, 0.4) is 0 Å². The van der Waals surface area contributed by atoms with Crippen molar-refractivity contribution in [2.45, 2.75) is 60.4 Å². The average Bonchev–Trinajstić information content (AvgIpc) is 3.47. The molecule has 25 nitrogen and oxygen atoms in total. The second-order valence-electron chi connectivity index (χ2n) is 16.5. The number of hydrogen-bond acceptors (Lipinski definition) is 25. The topological polar surface area (TPSA) is 311 Å². The number of halogens is 2. The first-order chi connectivity index (χ1) is 37.1. The second-order valence-corrected chi connectivity index (χ2v) is 17.3. The summed E-state index contributed by atoms with van der Waals surface area (Å²) in [5, 5.41) is 32.9. The van der Waals surface area contributed by atoms with Gasteiger partial charge in [0.25, 0.3) is 0 Å². The summed E-state index contributed by atoms with van der Waals surface area (Å²) in [5.74, 6) is -3.94. The van der Waals surface area contributed by atoms with E-state index in [4.69, 9.17) is 84.5 Å². The normalized spacial score (nSPS) is 12.2. The minimum absolute atomic E-state index is 0.0179. The van der Waals surface area contributed by atoms with Crippen LogP contribution >= 0.6 is 23.2 Å². The summed E-state index contributed by atoms with van der Waals surface area (Å²) < 4.78 is 69.6. The van der Waals surface area contributed by atoms with E-state index in [0.717, 1.165) is 33.3 Å². The van der Waals surface area contributed by atoms with E-state index >= 15 is 0 Å². The van der Waals surface area contributed by atoms with Crippen LogP contribution in [0.2, 0.25) is 10.0 Å². The number of nitrogens with zero attached hydrogens (tertiary/aromatic N) is 2. The van der Waals surface area contributed by atoms with Gasteiger partial charge in [0.15, 0.2) is 39.2 Å². The Morgan fingerprint density at radius 2 is 1.05 bits per heavy atom. The highest BCUT2D eigenvalue weighted by molar-refractivity contribution is 6.33. The lowest BCUT2D eigenvalue weighted by Gasteiger charge is -2.30. The molecule has 3 aromatic carbocycles. The van der Waals surface area contributed by atoms with Crippen molar-refractivity contribution in [2.75, 3.05) is 83.2 Å². The average molecular weight is 1140 g/mol. The lowest BCUT2D eigenvalue weighted by Crippen LogP contribution is -2.40. The van der Waals surface area contributed by atoms with Gasteiger partial charge in [-0.2, -0.15) is 0 Å². The van der Waals surface area contributed by atoms with Gasteiger partial charge in [-0.3, -0.25) is 33.6 Å². The van der Waals surface area contributed by atoms with E-state index in [-0.39, 0.29) is 70.6 Å². The summed E-state index contributed by atoms with van der Waals surface area (Å²) >= 11 is 13.2. The van der Waals surface area contributed by atoms with E-state index in [9.17, 15) is 48.9 Å². The standard InChI is InChI=1S/C51H56Cl2N2O23/c1-28-7-9-39(54(19-47(62)74-24-69-30(3)57)20-48(63)75-25-70-31(4)58)45(13-28)66-11-12-67-46-14-34(8-10-40(46)55(21-49(64)76-26-71-32(5)59)22-50(65)77-27-72-33(6)60)51-35-15-37(52)41(61)17-42(35)78-43-18-44(38(53)16-36(43)51)73-23-68-29(2)56/h7-10,13-18,47-49,62-64H,11-12,19-27H2,1-6H3. The zero-order valence-electron chi connectivity index (χ0n) is 42.9. The van der Waals surface area contributed by atoms with E-state index < -0.39 is 107 Å². The van der Waals surface area contributed by atoms with Crippen LogP contribution < -0.4 is 29.4 Å². The fourth-order valence-corrected chi connectivity index (χ4v) is 7.43. The van der Waals surface area contributed by atoms with Crippen LogP contribution in [0.1, 0.15) is 40.2 Å². The van der Waals surface area contributed by atoms with Gasteiger partial charge in [-0.1, -0.05) is 35.3 Å². The predicted octanol–water partition coefficient (Wildman–Crippen LogP) is 4.78. The van der Waals surface area contributed by atoms with Crippen LogP contribution in [-0.4, -0.2) is 143 Å². The van der Waals surface area contributed by atoms with Gasteiger partial charge >= 0.3 is 35.8 Å². The number of esters is 6. The molecule has 1 heterocycles. The molecule has 0 fully saturated rings. The van der Waals surface area contributed by atoms with Crippen LogP contribution in [0.15, 0.2) is 69.9 Å². The number of anilines is 2. The molecule has 1 aliphatic heterocycles. The van der Waals surface area contributed by atoms with Gasteiger partial charge in [0.1, 0.15) is 48.4 Å². The first-order valence-electron chi connectivity index (χ1n) is 23.3. The van der Waals surface area contributed by atoms with Gasteiger partial charge in [0.2, 0.25) is 19.0 Å². The maximum Gasteiger partial charge on any atom is 0.328 e. The molecular weight excluding hydrogens is 1080 g/mol. The third-order valence-electron chi connectivity index (χ3n) is 10.4. The first kappa shape index (κ1) is 61.4. The summed E-state index contributed by atoms with van der Waals surface area (Å²) in [4.78, 5) is 86.1. The molecule has 3 unspecified atom stereocenters. The maximum absolute atomic E-state index is 13.3. The van der Waals surface area contributed by atoms with Crippen molar-refractivity contribution in [3.05, 3.63) is 86.5 Å². The van der Waals surface area contributed by atoms with E-state index in [2.05, 4.69) is 0 Å². The third-order valence-corrected chi connectivity index (χ3v) is 11.0. The summed E-state index contributed by atoms with van der Waals surface area (Å²) in [6, 6.07) is 15.2. The second kappa shape index (κ2) is 29.9. The third kappa shape index (κ3) is 19.2. The van der Waals surface area contributed by atoms with Crippen molar-refractivity contribution in [3.8, 4) is 39.7 Å². The molecule has 78 heavy (non-hydrogen) atoms. The zero-order chi connectivity index (χ0) is 57.1. The molecule has 0 saturated heterocycles. The lowest BCUT2D eigenvalue weighted by molar-refractivity contribution is -0.184. The smallest absolute Gasteiger partial charge is 0.328 e. The molecule has 0 saturated carbocycles. The Bertz CT molecular complexity index is 2910. The molecule has 1 aliphatic carbocycles. The van der Waals surface area contributed by atoms with Gasteiger partial charge in [-0.15, -0.1) is 0 Å². The molecule has 0 aromatic heterocycles. The number of carbonyl (C=O) groups is 6. The van der Waals surface area contributed by atoms with Crippen molar-refractivity contribution < 1.29 is 105 Å². The molecule has 3 N–H and O–H groups in total. The highest BCUT2D eigenvalue weighted by Crippen LogP contribution is 2.45. The van der Waals surface area contributed by atoms with E-state index in [0.29, 0.717) is 27.8 Å². The van der Waals surface area contributed by atoms with E-state index in [1.54, 1.807) is 37.3 Å². The molecule has 5 rings (SSSR count). The first-order valence-corrected chi connectivity index (χ1v) is 24.1. The zero-order valence-corrected chi connectivity index (χ0v) is 44.5. The Morgan fingerprint density at radius 1 is 0.551 bits per heavy atom. The summed E-state index contributed by atoms with van der Waals surface area (Å²) in [6.45, 7) is 2.14. The highest BCUT2D eigenvalue weighted by Gasteiger charge is 2.27. The lowest BCUT2D eigenvalue weighted by atomic mass is 9.93. The quantitative estimate of drug-likeness (QED) is 0.0183. The number of hydrogen-bond donors (Lipinski definition) is 3. The van der Waals surface area contributed by atoms with E-state index in [1.807, 2.05) is 0 Å². The Labute approximate surface area is 455 Å². The van der Waals surface area contributed by atoms with Crippen LogP contribution in [0.5, 0.6) is 17.2 Å². The van der Waals surface area contributed by atoms with Crippen molar-refractivity contribution in [1.82, 2.24) is 0 Å². The SMILES string of the molecule is CC(=O)OCOC(=O)CN(CC(O)OCOC(C)=O)c1ccc(-c2c3cc(Cl)c(=O)cc-3oc3cc(OCOC(C)=O)c(Cl)cc23)cc1OCCOc1cc(C)ccc1N(CC(O)OCOC(C)=O)CC(O)OCOC(C)=O. The fourth-order valence-electron chi connectivity index (χ4n) is 7.05. The number of fused-ring (bicyclic) bond motifs is 2. The molecule has 0 amide bonds. The Kier molecular flexibility index (Phi) is 23.5. The molecule has 422 valence electrons. The van der Waals surface area contributed by atoms with Crippen LogP contribution in [0, 0.1) is 6.92 Å². The maximum atomic E-state index is 13.3. The number of aliphatic hydroxyl groups excluding tert-OH is 3. The molecule has 2 aliphatic rings. The van der Waals surface area contributed by atoms with Crippen LogP contribution in [0.25, 0.3) is 33.4 Å². The number of aryl methyl sites for hydroxylation is 1. The van der Waals surface area contributed by atoms with Crippen molar-refractivity contribution in [2.24, 2.45) is 0 Å². The molecule has 3 aromatic rings. The fraction of sp³-hybridized carbons (Fsp3) is 0.392. The highest BCUT2D eigenvalue weighted by atomic mass is 35.5. The molecule has 27 heteroatoms. The van der Waals surface area contributed by atoms with Gasteiger partial charge in [-0.05, 0) is 54.4 Å².